The molecule has 0 bridgehead atoms. The van der Waals surface area contributed by atoms with Crippen molar-refractivity contribution < 1.29 is 14.3 Å². The first-order valence-electron chi connectivity index (χ1n) is 7.97. The number of ether oxygens (including phenoxy) is 1. The fourth-order valence-electron chi connectivity index (χ4n) is 2.26. The normalized spacial score (nSPS) is 10.1. The molecule has 5 nitrogen and oxygen atoms in total. The van der Waals surface area contributed by atoms with Crippen LogP contribution in [0.25, 0.3) is 0 Å². The molecule has 0 aliphatic rings. The lowest BCUT2D eigenvalue weighted by Gasteiger charge is -2.20. The van der Waals surface area contributed by atoms with Crippen LogP contribution in [0.2, 0.25) is 0 Å². The Morgan fingerprint density at radius 2 is 1.71 bits per heavy atom. The standard InChI is InChI=1S/C19H22N2O3/c1-3-13-21(15(2)22)14-19(23)20-17-11-7-8-12-18(17)24-16-9-5-4-6-10-16/h4-12H,3,13-14H2,1-2H3,(H,20,23). The predicted octanol–water partition coefficient (Wildman–Crippen LogP) is 3.68. The van der Waals surface area contributed by atoms with Crippen LogP contribution in [0.4, 0.5) is 5.69 Å². The van der Waals surface area contributed by atoms with Crippen LogP contribution in [-0.4, -0.2) is 29.8 Å². The zero-order valence-corrected chi connectivity index (χ0v) is 14.0. The van der Waals surface area contributed by atoms with E-state index in [0.717, 1.165) is 6.42 Å². The molecule has 0 unspecified atom stereocenters. The van der Waals surface area contributed by atoms with E-state index < -0.39 is 0 Å². The molecule has 5 heteroatoms. The van der Waals surface area contributed by atoms with Gasteiger partial charge in [-0.3, -0.25) is 9.59 Å². The van der Waals surface area contributed by atoms with Crippen molar-refractivity contribution in [3.8, 4) is 11.5 Å². The summed E-state index contributed by atoms with van der Waals surface area (Å²) in [6.07, 6.45) is 0.806. The van der Waals surface area contributed by atoms with Gasteiger partial charge in [0.15, 0.2) is 5.75 Å². The van der Waals surface area contributed by atoms with Gasteiger partial charge in [0.05, 0.1) is 12.2 Å². The third-order valence-corrected chi connectivity index (χ3v) is 3.41. The van der Waals surface area contributed by atoms with Gasteiger partial charge in [-0.2, -0.15) is 0 Å². The summed E-state index contributed by atoms with van der Waals surface area (Å²) < 4.78 is 5.82. The molecule has 0 radical (unpaired) electrons. The number of hydrogen-bond acceptors (Lipinski definition) is 3. The lowest BCUT2D eigenvalue weighted by molar-refractivity contribution is -0.132. The Morgan fingerprint density at radius 3 is 2.38 bits per heavy atom. The molecule has 24 heavy (non-hydrogen) atoms. The van der Waals surface area contributed by atoms with Gasteiger partial charge in [-0.1, -0.05) is 37.3 Å². The SMILES string of the molecule is CCCN(CC(=O)Nc1ccccc1Oc1ccccc1)C(C)=O. The lowest BCUT2D eigenvalue weighted by Crippen LogP contribution is -2.37. The smallest absolute Gasteiger partial charge is 0.244 e. The molecule has 126 valence electrons. The Morgan fingerprint density at radius 1 is 1.04 bits per heavy atom. The van der Waals surface area contributed by atoms with Crippen molar-refractivity contribution in [1.82, 2.24) is 4.90 Å². The Labute approximate surface area is 142 Å². The molecule has 0 saturated heterocycles. The number of benzene rings is 2. The zero-order chi connectivity index (χ0) is 17.4. The van der Waals surface area contributed by atoms with Gasteiger partial charge in [-0.25, -0.2) is 0 Å². The summed E-state index contributed by atoms with van der Waals surface area (Å²) in [7, 11) is 0. The summed E-state index contributed by atoms with van der Waals surface area (Å²) in [5.74, 6) is 0.890. The minimum atomic E-state index is -0.247. The van der Waals surface area contributed by atoms with Gasteiger partial charge < -0.3 is 15.0 Å². The molecule has 0 aromatic heterocycles. The van der Waals surface area contributed by atoms with Crippen LogP contribution in [-0.2, 0) is 9.59 Å². The second-order valence-electron chi connectivity index (χ2n) is 5.40. The monoisotopic (exact) mass is 326 g/mol. The molecule has 2 amide bonds. The number of amides is 2. The second-order valence-corrected chi connectivity index (χ2v) is 5.40. The molecular weight excluding hydrogens is 304 g/mol. The van der Waals surface area contributed by atoms with E-state index in [0.29, 0.717) is 23.7 Å². The van der Waals surface area contributed by atoms with Crippen molar-refractivity contribution in [3.63, 3.8) is 0 Å². The van der Waals surface area contributed by atoms with E-state index in [9.17, 15) is 9.59 Å². The first-order valence-corrected chi connectivity index (χ1v) is 7.97. The lowest BCUT2D eigenvalue weighted by atomic mass is 10.2. The van der Waals surface area contributed by atoms with Gasteiger partial charge in [0, 0.05) is 13.5 Å². The first-order chi connectivity index (χ1) is 11.6. The quantitative estimate of drug-likeness (QED) is 0.844. The van der Waals surface area contributed by atoms with E-state index in [-0.39, 0.29) is 18.4 Å². The summed E-state index contributed by atoms with van der Waals surface area (Å²) in [6, 6.07) is 16.6. The van der Waals surface area contributed by atoms with Crippen LogP contribution in [0.1, 0.15) is 20.3 Å². The van der Waals surface area contributed by atoms with Crippen molar-refractivity contribution in [1.29, 1.82) is 0 Å². The molecule has 1 N–H and O–H groups in total. The molecule has 2 aromatic rings. The summed E-state index contributed by atoms with van der Waals surface area (Å²) >= 11 is 0. The van der Waals surface area contributed by atoms with E-state index in [4.69, 9.17) is 4.74 Å². The second kappa shape index (κ2) is 8.72. The number of para-hydroxylation sites is 3. The number of carbonyl (C=O) groups is 2. The van der Waals surface area contributed by atoms with Crippen LogP contribution in [0.15, 0.2) is 54.6 Å². The van der Waals surface area contributed by atoms with Crippen molar-refractivity contribution in [2.45, 2.75) is 20.3 Å². The highest BCUT2D eigenvalue weighted by Gasteiger charge is 2.14. The van der Waals surface area contributed by atoms with E-state index in [2.05, 4.69) is 5.32 Å². The third-order valence-electron chi connectivity index (χ3n) is 3.41. The molecule has 0 aliphatic heterocycles. The molecule has 0 spiro atoms. The van der Waals surface area contributed by atoms with Gasteiger partial charge in [-0.05, 0) is 30.7 Å². The molecule has 0 aliphatic carbocycles. The van der Waals surface area contributed by atoms with Crippen LogP contribution < -0.4 is 10.1 Å². The summed E-state index contributed by atoms with van der Waals surface area (Å²) in [4.78, 5) is 25.3. The largest absolute Gasteiger partial charge is 0.455 e. The van der Waals surface area contributed by atoms with E-state index in [1.54, 1.807) is 12.1 Å². The third kappa shape index (κ3) is 5.12. The summed E-state index contributed by atoms with van der Waals surface area (Å²) in [5.41, 5.74) is 0.575. The van der Waals surface area contributed by atoms with Crippen molar-refractivity contribution in [2.24, 2.45) is 0 Å². The van der Waals surface area contributed by atoms with Crippen LogP contribution in [0, 0.1) is 0 Å². The number of nitrogens with one attached hydrogen (secondary N) is 1. The van der Waals surface area contributed by atoms with Crippen LogP contribution in [0.5, 0.6) is 11.5 Å². The molecule has 0 fully saturated rings. The van der Waals surface area contributed by atoms with E-state index in [1.807, 2.05) is 49.4 Å². The topological polar surface area (TPSA) is 58.6 Å². The minimum Gasteiger partial charge on any atom is -0.455 e. The number of hydrogen-bond donors (Lipinski definition) is 1. The Hall–Kier alpha value is -2.82. The Balaban J connectivity index is 2.06. The van der Waals surface area contributed by atoms with Gasteiger partial charge in [0.2, 0.25) is 11.8 Å². The number of anilines is 1. The molecular formula is C19H22N2O3. The Bertz CT molecular complexity index is 686. The predicted molar refractivity (Wildman–Crippen MR) is 94.1 cm³/mol. The van der Waals surface area contributed by atoms with Gasteiger partial charge >= 0.3 is 0 Å². The number of carbonyl (C=O) groups excluding carboxylic acids is 2. The van der Waals surface area contributed by atoms with Gasteiger partial charge in [0.25, 0.3) is 0 Å². The number of nitrogens with zero attached hydrogens (tertiary/aromatic N) is 1. The maximum Gasteiger partial charge on any atom is 0.244 e. The van der Waals surface area contributed by atoms with Crippen LogP contribution in [0.3, 0.4) is 0 Å². The summed E-state index contributed by atoms with van der Waals surface area (Å²) in [5, 5.41) is 2.82. The molecule has 2 aromatic carbocycles. The Kier molecular flexibility index (Phi) is 6.37. The summed E-state index contributed by atoms with van der Waals surface area (Å²) in [6.45, 7) is 4.03. The van der Waals surface area contributed by atoms with Crippen LogP contribution >= 0.6 is 0 Å². The molecule has 2 rings (SSSR count). The van der Waals surface area contributed by atoms with Crippen molar-refractivity contribution in [2.75, 3.05) is 18.4 Å². The highest BCUT2D eigenvalue weighted by atomic mass is 16.5. The van der Waals surface area contributed by atoms with E-state index in [1.165, 1.54) is 11.8 Å². The fraction of sp³-hybridized carbons (Fsp3) is 0.263. The average molecular weight is 326 g/mol. The van der Waals surface area contributed by atoms with Crippen molar-refractivity contribution >= 4 is 17.5 Å². The zero-order valence-electron chi connectivity index (χ0n) is 14.0. The molecule has 0 saturated carbocycles. The highest BCUT2D eigenvalue weighted by Crippen LogP contribution is 2.28. The number of rotatable bonds is 7. The first kappa shape index (κ1) is 17.5. The van der Waals surface area contributed by atoms with Gasteiger partial charge in [-0.15, -0.1) is 0 Å². The average Bonchev–Trinajstić information content (AvgIpc) is 2.57. The molecule has 0 heterocycles. The fourth-order valence-corrected chi connectivity index (χ4v) is 2.26. The molecule has 0 atom stereocenters. The van der Waals surface area contributed by atoms with Crippen molar-refractivity contribution in [3.05, 3.63) is 54.6 Å². The van der Waals surface area contributed by atoms with Gasteiger partial charge in [0.1, 0.15) is 5.75 Å². The maximum absolute atomic E-state index is 12.2. The highest BCUT2D eigenvalue weighted by molar-refractivity contribution is 5.95. The maximum atomic E-state index is 12.2. The van der Waals surface area contributed by atoms with E-state index >= 15 is 0 Å². The minimum absolute atomic E-state index is 0.0306.